The van der Waals surface area contributed by atoms with Crippen LogP contribution in [0.3, 0.4) is 0 Å². The van der Waals surface area contributed by atoms with Gasteiger partial charge in [0.05, 0.1) is 45.5 Å². The normalized spacial score (nSPS) is 12.3. The number of hydrogen-bond acceptors (Lipinski definition) is 2. The van der Waals surface area contributed by atoms with E-state index in [0.717, 1.165) is 57.7 Å². The largest absolute Gasteiger partial charge is 0.309 e. The first-order valence-corrected chi connectivity index (χ1v) is 16.2. The molecule has 4 heteroatoms. The molecule has 4 nitrogen and oxygen atoms in total. The van der Waals surface area contributed by atoms with Crippen molar-refractivity contribution in [3.63, 3.8) is 0 Å². The summed E-state index contributed by atoms with van der Waals surface area (Å²) in [7, 11) is 0. The number of benzene rings is 6. The van der Waals surface area contributed by atoms with E-state index in [1.165, 1.54) is 32.8 Å². The number of nitrogens with zero attached hydrogens (tertiary/aromatic N) is 4. The lowest BCUT2D eigenvalue weighted by molar-refractivity contribution is 0.968. The van der Waals surface area contributed by atoms with Gasteiger partial charge in [0.2, 0.25) is 0 Å². The molecule has 2 heterocycles. The number of allylic oxidation sites excluding steroid dienone is 1. The summed E-state index contributed by atoms with van der Waals surface area (Å²) in [6.07, 6.45) is 6.35. The van der Waals surface area contributed by atoms with E-state index in [0.29, 0.717) is 11.1 Å². The summed E-state index contributed by atoms with van der Waals surface area (Å²) < 4.78 is 4.61. The van der Waals surface area contributed by atoms with Crippen LogP contribution in [-0.2, 0) is 6.42 Å². The van der Waals surface area contributed by atoms with Gasteiger partial charge in [-0.05, 0) is 102 Å². The van der Waals surface area contributed by atoms with Crippen molar-refractivity contribution in [1.29, 1.82) is 10.5 Å². The standard InChI is InChI=1S/C44H28N4/c45-27-29-20-22-43(48-42-18-6-3-15-37(42)38-21-19-30(28-46)24-44(38)48)39(23-29)33-11-7-9-31(25-33)32-10-8-12-34(26-32)47-40-16-4-1-13-35(40)36-14-2-5-17-41(36)47/h1-2,4-14,16-26H,3,15H2. The van der Waals surface area contributed by atoms with Crippen molar-refractivity contribution in [3.05, 3.63) is 162 Å². The third kappa shape index (κ3) is 4.28. The van der Waals surface area contributed by atoms with E-state index in [-0.39, 0.29) is 0 Å². The van der Waals surface area contributed by atoms with Gasteiger partial charge in [-0.2, -0.15) is 10.5 Å². The molecule has 0 amide bonds. The molecule has 0 saturated heterocycles. The topological polar surface area (TPSA) is 57.4 Å². The Labute approximate surface area is 278 Å². The predicted octanol–water partition coefficient (Wildman–Crippen LogP) is 10.8. The van der Waals surface area contributed by atoms with Crippen LogP contribution in [0.4, 0.5) is 0 Å². The number of rotatable bonds is 4. The zero-order valence-electron chi connectivity index (χ0n) is 26.1. The Morgan fingerprint density at radius 1 is 0.521 bits per heavy atom. The van der Waals surface area contributed by atoms with Gasteiger partial charge in [0, 0.05) is 33.1 Å². The van der Waals surface area contributed by atoms with Crippen LogP contribution in [0.5, 0.6) is 0 Å². The number of nitriles is 2. The fraction of sp³-hybridized carbons (Fsp3) is 0.0455. The molecule has 0 N–H and O–H groups in total. The Morgan fingerprint density at radius 2 is 1.19 bits per heavy atom. The van der Waals surface area contributed by atoms with Gasteiger partial charge in [0.25, 0.3) is 0 Å². The fourth-order valence-corrected chi connectivity index (χ4v) is 7.49. The van der Waals surface area contributed by atoms with Crippen LogP contribution >= 0.6 is 0 Å². The van der Waals surface area contributed by atoms with Crippen molar-refractivity contribution in [2.24, 2.45) is 0 Å². The molecule has 0 radical (unpaired) electrons. The molecule has 1 aliphatic rings. The van der Waals surface area contributed by atoms with Crippen molar-refractivity contribution in [2.75, 3.05) is 0 Å². The van der Waals surface area contributed by atoms with Gasteiger partial charge in [-0.1, -0.05) is 78.9 Å². The molecule has 0 bridgehead atoms. The van der Waals surface area contributed by atoms with Crippen LogP contribution in [0, 0.1) is 22.7 Å². The minimum atomic E-state index is 0.603. The Hall–Kier alpha value is -6.62. The SMILES string of the molecule is N#Cc1ccc(-n2c3c(c4ccc(C#N)cc42)CCC=C3)c(-c2cccc(-c3cccc(-n4c5ccccc5c5ccccc54)c3)c2)c1. The minimum Gasteiger partial charge on any atom is -0.309 e. The molecule has 0 unspecified atom stereocenters. The van der Waals surface area contributed by atoms with Gasteiger partial charge in [-0.15, -0.1) is 0 Å². The molecular weight excluding hydrogens is 585 g/mol. The number of para-hydroxylation sites is 2. The first-order chi connectivity index (χ1) is 23.7. The molecule has 6 aromatic carbocycles. The monoisotopic (exact) mass is 612 g/mol. The first-order valence-electron chi connectivity index (χ1n) is 16.2. The van der Waals surface area contributed by atoms with Crippen molar-refractivity contribution in [3.8, 4) is 45.8 Å². The molecule has 2 aromatic heterocycles. The van der Waals surface area contributed by atoms with Gasteiger partial charge in [-0.3, -0.25) is 0 Å². The quantitative estimate of drug-likeness (QED) is 0.199. The molecule has 224 valence electrons. The molecule has 48 heavy (non-hydrogen) atoms. The lowest BCUT2D eigenvalue weighted by atomic mass is 9.96. The number of fused-ring (bicyclic) bond motifs is 6. The van der Waals surface area contributed by atoms with E-state index >= 15 is 0 Å². The number of aryl methyl sites for hydroxylation is 1. The Morgan fingerprint density at radius 3 is 1.96 bits per heavy atom. The maximum absolute atomic E-state index is 9.96. The van der Waals surface area contributed by atoms with Crippen molar-refractivity contribution in [2.45, 2.75) is 12.8 Å². The van der Waals surface area contributed by atoms with Crippen molar-refractivity contribution in [1.82, 2.24) is 9.13 Å². The second-order valence-electron chi connectivity index (χ2n) is 12.3. The maximum Gasteiger partial charge on any atom is 0.0992 e. The highest BCUT2D eigenvalue weighted by Gasteiger charge is 2.21. The van der Waals surface area contributed by atoms with Gasteiger partial charge < -0.3 is 9.13 Å². The van der Waals surface area contributed by atoms with Crippen LogP contribution in [0.25, 0.3) is 72.4 Å². The van der Waals surface area contributed by atoms with E-state index < -0.39 is 0 Å². The molecule has 8 aromatic rings. The third-order valence-corrected chi connectivity index (χ3v) is 9.64. The van der Waals surface area contributed by atoms with Gasteiger partial charge in [0.1, 0.15) is 0 Å². The third-order valence-electron chi connectivity index (χ3n) is 9.64. The minimum absolute atomic E-state index is 0.603. The molecule has 0 saturated carbocycles. The Bertz CT molecular complexity index is 2650. The average Bonchev–Trinajstić information content (AvgIpc) is 3.67. The van der Waals surface area contributed by atoms with Crippen LogP contribution in [0.1, 0.15) is 28.8 Å². The highest BCUT2D eigenvalue weighted by molar-refractivity contribution is 6.09. The second-order valence-corrected chi connectivity index (χ2v) is 12.3. The van der Waals surface area contributed by atoms with Crippen LogP contribution in [-0.4, -0.2) is 9.13 Å². The van der Waals surface area contributed by atoms with E-state index in [1.54, 1.807) is 0 Å². The summed E-state index contributed by atoms with van der Waals surface area (Å²) in [6, 6.07) is 51.0. The lowest BCUT2D eigenvalue weighted by Gasteiger charge is -2.17. The molecular formula is C44H28N4. The summed E-state index contributed by atoms with van der Waals surface area (Å²) >= 11 is 0. The van der Waals surface area contributed by atoms with Crippen molar-refractivity contribution < 1.29 is 0 Å². The summed E-state index contributed by atoms with van der Waals surface area (Å²) in [5, 5.41) is 23.4. The maximum atomic E-state index is 9.96. The van der Waals surface area contributed by atoms with Crippen LogP contribution < -0.4 is 0 Å². The van der Waals surface area contributed by atoms with Crippen molar-refractivity contribution >= 4 is 38.8 Å². The Balaban J connectivity index is 1.22. The fourth-order valence-electron chi connectivity index (χ4n) is 7.49. The second kappa shape index (κ2) is 11.0. The molecule has 9 rings (SSSR count). The van der Waals surface area contributed by atoms with E-state index in [2.05, 4.69) is 137 Å². The smallest absolute Gasteiger partial charge is 0.0992 e. The lowest BCUT2D eigenvalue weighted by Crippen LogP contribution is -2.03. The van der Waals surface area contributed by atoms with Crippen LogP contribution in [0.15, 0.2) is 140 Å². The zero-order chi connectivity index (χ0) is 32.2. The molecule has 0 fully saturated rings. The van der Waals surface area contributed by atoms with E-state index in [4.69, 9.17) is 0 Å². The number of aromatic nitrogens is 2. The van der Waals surface area contributed by atoms with E-state index in [1.807, 2.05) is 30.3 Å². The van der Waals surface area contributed by atoms with Gasteiger partial charge in [-0.25, -0.2) is 0 Å². The molecule has 0 spiro atoms. The summed E-state index contributed by atoms with van der Waals surface area (Å²) in [5.74, 6) is 0. The number of hydrogen-bond donors (Lipinski definition) is 0. The average molecular weight is 613 g/mol. The summed E-state index contributed by atoms with van der Waals surface area (Å²) in [6.45, 7) is 0. The van der Waals surface area contributed by atoms with E-state index in [9.17, 15) is 10.5 Å². The van der Waals surface area contributed by atoms with Gasteiger partial charge in [0.15, 0.2) is 0 Å². The molecule has 0 aliphatic heterocycles. The predicted molar refractivity (Wildman–Crippen MR) is 195 cm³/mol. The zero-order valence-corrected chi connectivity index (χ0v) is 26.1. The van der Waals surface area contributed by atoms with Gasteiger partial charge >= 0.3 is 0 Å². The Kier molecular flexibility index (Phi) is 6.35. The summed E-state index contributed by atoms with van der Waals surface area (Å²) in [4.78, 5) is 0. The molecule has 0 atom stereocenters. The summed E-state index contributed by atoms with van der Waals surface area (Å²) in [5.41, 5.74) is 13.3. The molecule has 1 aliphatic carbocycles. The first kappa shape index (κ1) is 27.7. The highest BCUT2D eigenvalue weighted by atomic mass is 15.0. The van der Waals surface area contributed by atoms with Crippen LogP contribution in [0.2, 0.25) is 0 Å². The highest BCUT2D eigenvalue weighted by Crippen LogP contribution is 2.39.